The highest BCUT2D eigenvalue weighted by Crippen LogP contribution is 2.02. The number of aromatic carboxylic acids is 1. The Balaban J connectivity index is 2.45. The van der Waals surface area contributed by atoms with Crippen LogP contribution in [0.3, 0.4) is 0 Å². The highest BCUT2D eigenvalue weighted by Gasteiger charge is 2.12. The van der Waals surface area contributed by atoms with Crippen molar-refractivity contribution < 1.29 is 27.9 Å². The van der Waals surface area contributed by atoms with E-state index in [1.54, 1.807) is 0 Å². The first-order valence-electron chi connectivity index (χ1n) is 6.06. The van der Waals surface area contributed by atoms with Crippen LogP contribution in [-0.2, 0) is 26.1 Å². The molecule has 2 N–H and O–H groups in total. The van der Waals surface area contributed by atoms with Gasteiger partial charge >= 0.3 is 11.9 Å². The summed E-state index contributed by atoms with van der Waals surface area (Å²) < 4.78 is 30.1. The molecular weight excluding hydrogens is 300 g/mol. The lowest BCUT2D eigenvalue weighted by atomic mass is 10.2. The number of carbonyl (C=O) groups is 2. The van der Waals surface area contributed by atoms with Gasteiger partial charge in [-0.2, -0.15) is 0 Å². The number of esters is 1. The Morgan fingerprint density at radius 2 is 2.10 bits per heavy atom. The molecule has 0 amide bonds. The molecule has 1 heterocycles. The fourth-order valence-corrected chi connectivity index (χ4v) is 2.48. The number of hydrogen-bond donors (Lipinski definition) is 2. The summed E-state index contributed by atoms with van der Waals surface area (Å²) in [6, 6.07) is 2.77. The summed E-state index contributed by atoms with van der Waals surface area (Å²) in [6.07, 6.45) is 1.49. The third kappa shape index (κ3) is 6.32. The smallest absolute Gasteiger partial charge is 0.354 e. The van der Waals surface area contributed by atoms with Crippen molar-refractivity contribution in [1.82, 2.24) is 9.71 Å². The number of ether oxygens (including phenoxy) is 1. The monoisotopic (exact) mass is 316 g/mol. The Morgan fingerprint density at radius 3 is 2.62 bits per heavy atom. The lowest BCUT2D eigenvalue weighted by Crippen LogP contribution is -2.26. The summed E-state index contributed by atoms with van der Waals surface area (Å²) in [5.41, 5.74) is 0.427. The molecule has 0 aliphatic carbocycles. The van der Waals surface area contributed by atoms with Crippen molar-refractivity contribution in [2.24, 2.45) is 0 Å². The van der Waals surface area contributed by atoms with E-state index in [9.17, 15) is 18.0 Å². The van der Waals surface area contributed by atoms with Crippen molar-refractivity contribution in [3.8, 4) is 0 Å². The van der Waals surface area contributed by atoms with Gasteiger partial charge in [0.1, 0.15) is 5.69 Å². The predicted octanol–water partition coefficient (Wildman–Crippen LogP) is 0.152. The van der Waals surface area contributed by atoms with Gasteiger partial charge in [0, 0.05) is 19.2 Å². The maximum atomic E-state index is 11.7. The van der Waals surface area contributed by atoms with Crippen LogP contribution in [0.1, 0.15) is 28.9 Å². The van der Waals surface area contributed by atoms with Crippen molar-refractivity contribution in [2.75, 3.05) is 12.9 Å². The zero-order chi connectivity index (χ0) is 15.9. The summed E-state index contributed by atoms with van der Waals surface area (Å²) in [6.45, 7) is 0.00740. The molecule has 1 aromatic heterocycles. The first-order valence-corrected chi connectivity index (χ1v) is 7.71. The molecule has 0 aromatic carbocycles. The van der Waals surface area contributed by atoms with E-state index in [1.165, 1.54) is 25.4 Å². The fourth-order valence-electron chi connectivity index (χ4n) is 1.43. The molecular formula is C12H16N2O6S. The quantitative estimate of drug-likeness (QED) is 0.654. The van der Waals surface area contributed by atoms with Gasteiger partial charge in [0.15, 0.2) is 0 Å². The Hall–Kier alpha value is -2.00. The van der Waals surface area contributed by atoms with Crippen LogP contribution in [0.5, 0.6) is 0 Å². The maximum Gasteiger partial charge on any atom is 0.354 e. The molecule has 21 heavy (non-hydrogen) atoms. The summed E-state index contributed by atoms with van der Waals surface area (Å²) >= 11 is 0. The average Bonchev–Trinajstić information content (AvgIpc) is 2.45. The summed E-state index contributed by atoms with van der Waals surface area (Å²) in [5.74, 6) is -1.80. The first-order chi connectivity index (χ1) is 9.84. The summed E-state index contributed by atoms with van der Waals surface area (Å²) in [4.78, 5) is 25.2. The van der Waals surface area contributed by atoms with Crippen LogP contribution in [0.25, 0.3) is 0 Å². The summed E-state index contributed by atoms with van der Waals surface area (Å²) in [7, 11) is -2.27. The second kappa shape index (κ2) is 7.70. The van der Waals surface area contributed by atoms with Gasteiger partial charge in [-0.05, 0) is 18.1 Å². The van der Waals surface area contributed by atoms with E-state index < -0.39 is 22.0 Å². The molecule has 0 aliphatic heterocycles. The molecule has 116 valence electrons. The molecule has 0 aliphatic rings. The van der Waals surface area contributed by atoms with Crippen LogP contribution in [-0.4, -0.2) is 43.3 Å². The Labute approximate surface area is 122 Å². The van der Waals surface area contributed by atoms with Gasteiger partial charge in [-0.25, -0.2) is 22.9 Å². The minimum Gasteiger partial charge on any atom is -0.477 e. The van der Waals surface area contributed by atoms with Crippen molar-refractivity contribution in [2.45, 2.75) is 19.4 Å². The van der Waals surface area contributed by atoms with Gasteiger partial charge in [-0.3, -0.25) is 4.79 Å². The minimum absolute atomic E-state index is 0.00740. The van der Waals surface area contributed by atoms with Gasteiger partial charge in [0.2, 0.25) is 10.0 Å². The largest absolute Gasteiger partial charge is 0.477 e. The molecule has 9 heteroatoms. The second-order valence-corrected chi connectivity index (χ2v) is 6.10. The van der Waals surface area contributed by atoms with Gasteiger partial charge < -0.3 is 9.84 Å². The number of sulfonamides is 1. The van der Waals surface area contributed by atoms with Gasteiger partial charge in [0.25, 0.3) is 0 Å². The molecule has 1 aromatic rings. The number of nitrogens with zero attached hydrogens (tertiary/aromatic N) is 1. The number of nitrogens with one attached hydrogen (secondary N) is 1. The number of hydrogen-bond acceptors (Lipinski definition) is 6. The van der Waals surface area contributed by atoms with E-state index in [1.807, 2.05) is 0 Å². The van der Waals surface area contributed by atoms with E-state index in [2.05, 4.69) is 14.4 Å². The third-order valence-corrected chi connectivity index (χ3v) is 3.97. The molecule has 0 saturated carbocycles. The Kier molecular flexibility index (Phi) is 6.25. The minimum atomic E-state index is -3.51. The molecule has 0 atom stereocenters. The maximum absolute atomic E-state index is 11.7. The Bertz CT molecular complexity index is 597. The lowest BCUT2D eigenvalue weighted by molar-refractivity contribution is -0.140. The average molecular weight is 316 g/mol. The van der Waals surface area contributed by atoms with Crippen molar-refractivity contribution >= 4 is 22.0 Å². The van der Waals surface area contributed by atoms with E-state index in [0.717, 1.165) is 0 Å². The van der Waals surface area contributed by atoms with Crippen LogP contribution in [0.2, 0.25) is 0 Å². The highest BCUT2D eigenvalue weighted by atomic mass is 32.2. The molecule has 0 unspecified atom stereocenters. The van der Waals surface area contributed by atoms with Crippen LogP contribution in [0, 0.1) is 0 Å². The zero-order valence-corrected chi connectivity index (χ0v) is 12.2. The SMILES string of the molecule is COC(=O)CCCS(=O)(=O)NCc1ccc(C(=O)O)nc1. The van der Waals surface area contributed by atoms with E-state index in [-0.39, 0.29) is 30.8 Å². The fraction of sp³-hybridized carbons (Fsp3) is 0.417. The number of pyridine rings is 1. The first kappa shape index (κ1) is 17.1. The highest BCUT2D eigenvalue weighted by molar-refractivity contribution is 7.89. The van der Waals surface area contributed by atoms with Crippen LogP contribution in [0.4, 0.5) is 0 Å². The number of carboxylic acids is 1. The van der Waals surface area contributed by atoms with E-state index in [4.69, 9.17) is 5.11 Å². The van der Waals surface area contributed by atoms with Crippen LogP contribution >= 0.6 is 0 Å². The molecule has 0 saturated heterocycles. The summed E-state index contributed by atoms with van der Waals surface area (Å²) in [5, 5.41) is 8.69. The number of carboxylic acid groups (broad SMARTS) is 1. The topological polar surface area (TPSA) is 123 Å². The number of rotatable bonds is 8. The number of carbonyl (C=O) groups excluding carboxylic acids is 1. The number of methoxy groups -OCH3 is 1. The van der Waals surface area contributed by atoms with Gasteiger partial charge in [-0.15, -0.1) is 0 Å². The normalized spacial score (nSPS) is 11.1. The molecule has 8 nitrogen and oxygen atoms in total. The molecule has 0 bridgehead atoms. The predicted molar refractivity (Wildman–Crippen MR) is 73.1 cm³/mol. The van der Waals surface area contributed by atoms with Gasteiger partial charge in [-0.1, -0.05) is 6.07 Å². The number of aromatic nitrogens is 1. The van der Waals surface area contributed by atoms with E-state index in [0.29, 0.717) is 5.56 Å². The lowest BCUT2D eigenvalue weighted by Gasteiger charge is -2.06. The molecule has 0 spiro atoms. The van der Waals surface area contributed by atoms with Crippen LogP contribution < -0.4 is 4.72 Å². The molecule has 1 rings (SSSR count). The van der Waals surface area contributed by atoms with E-state index >= 15 is 0 Å². The Morgan fingerprint density at radius 1 is 1.38 bits per heavy atom. The van der Waals surface area contributed by atoms with Crippen molar-refractivity contribution in [3.63, 3.8) is 0 Å². The zero-order valence-electron chi connectivity index (χ0n) is 11.4. The van der Waals surface area contributed by atoms with Crippen molar-refractivity contribution in [3.05, 3.63) is 29.6 Å². The van der Waals surface area contributed by atoms with Gasteiger partial charge in [0.05, 0.1) is 12.9 Å². The van der Waals surface area contributed by atoms with Crippen molar-refractivity contribution in [1.29, 1.82) is 0 Å². The molecule has 0 radical (unpaired) electrons. The second-order valence-electron chi connectivity index (χ2n) is 4.18. The third-order valence-electron chi connectivity index (χ3n) is 2.56. The van der Waals surface area contributed by atoms with Crippen LogP contribution in [0.15, 0.2) is 18.3 Å². The standard InChI is InChI=1S/C12H16N2O6S/c1-20-11(15)3-2-6-21(18,19)14-8-9-4-5-10(12(16)17)13-7-9/h4-5,7,14H,2-3,6,8H2,1H3,(H,16,17). The molecule has 0 fully saturated rings.